The lowest BCUT2D eigenvalue weighted by molar-refractivity contribution is 0.220. The second-order valence-corrected chi connectivity index (χ2v) is 6.90. The second-order valence-electron chi connectivity index (χ2n) is 6.90. The zero-order valence-corrected chi connectivity index (χ0v) is 12.0. The molecule has 0 heterocycles. The molecule has 1 nitrogen and oxygen atoms in total. The van der Waals surface area contributed by atoms with Crippen LogP contribution in [0.5, 0.6) is 0 Å². The van der Waals surface area contributed by atoms with E-state index in [1.54, 1.807) is 0 Å². The number of hydrogen-bond donors (Lipinski definition) is 1. The Morgan fingerprint density at radius 1 is 1.12 bits per heavy atom. The Kier molecular flexibility index (Phi) is 5.30. The van der Waals surface area contributed by atoms with Crippen LogP contribution in [0.25, 0.3) is 0 Å². The van der Waals surface area contributed by atoms with Crippen LogP contribution in [0.3, 0.4) is 0 Å². The summed E-state index contributed by atoms with van der Waals surface area (Å²) in [6, 6.07) is 0. The van der Waals surface area contributed by atoms with Crippen molar-refractivity contribution in [2.45, 2.75) is 60.3 Å². The van der Waals surface area contributed by atoms with Crippen molar-refractivity contribution in [3.8, 4) is 0 Å². The molecule has 0 spiro atoms. The van der Waals surface area contributed by atoms with Gasteiger partial charge in [-0.15, -0.1) is 0 Å². The zero-order chi connectivity index (χ0) is 12.2. The molecule has 0 aliphatic heterocycles. The van der Waals surface area contributed by atoms with Crippen molar-refractivity contribution in [3.63, 3.8) is 0 Å². The van der Waals surface area contributed by atoms with Gasteiger partial charge in [-0.2, -0.15) is 0 Å². The molecular formula is C15H31N. The van der Waals surface area contributed by atoms with E-state index in [-0.39, 0.29) is 0 Å². The Bertz CT molecular complexity index is 188. The number of hydrogen-bond acceptors (Lipinski definition) is 1. The van der Waals surface area contributed by atoms with Crippen LogP contribution >= 0.6 is 0 Å². The van der Waals surface area contributed by atoms with Gasteiger partial charge in [-0.3, -0.25) is 0 Å². The molecule has 0 saturated heterocycles. The molecule has 0 aromatic rings. The zero-order valence-electron chi connectivity index (χ0n) is 12.0. The van der Waals surface area contributed by atoms with Crippen molar-refractivity contribution in [2.75, 3.05) is 13.1 Å². The summed E-state index contributed by atoms with van der Waals surface area (Å²) in [5.41, 5.74) is 0.432. The molecule has 0 amide bonds. The summed E-state index contributed by atoms with van der Waals surface area (Å²) in [6.07, 6.45) is 5.77. The average Bonchev–Trinajstić information content (AvgIpc) is 2.20. The molecule has 1 aliphatic rings. The summed E-state index contributed by atoms with van der Waals surface area (Å²) < 4.78 is 0. The van der Waals surface area contributed by atoms with Crippen LogP contribution in [-0.2, 0) is 0 Å². The fourth-order valence-corrected chi connectivity index (χ4v) is 2.34. The molecule has 1 N–H and O–H groups in total. The summed E-state index contributed by atoms with van der Waals surface area (Å²) >= 11 is 0. The van der Waals surface area contributed by atoms with Crippen LogP contribution in [-0.4, -0.2) is 13.1 Å². The summed E-state index contributed by atoms with van der Waals surface area (Å²) in [5.74, 6) is 2.67. The summed E-state index contributed by atoms with van der Waals surface area (Å²) in [5, 5.41) is 3.69. The predicted octanol–water partition coefficient (Wildman–Crippen LogP) is 4.08. The highest BCUT2D eigenvalue weighted by Crippen LogP contribution is 2.28. The third kappa shape index (κ3) is 4.45. The lowest BCUT2D eigenvalue weighted by Gasteiger charge is -2.32. The average molecular weight is 225 g/mol. The molecular weight excluding hydrogens is 194 g/mol. The standard InChI is InChI=1S/C15H31N/c1-12(2)15(4,5)11-16-10-14-8-6-13(3)7-9-14/h12-14,16H,6-11H2,1-5H3. The minimum Gasteiger partial charge on any atom is -0.316 e. The molecule has 0 aromatic carbocycles. The van der Waals surface area contributed by atoms with Crippen molar-refractivity contribution in [1.29, 1.82) is 0 Å². The predicted molar refractivity (Wildman–Crippen MR) is 72.6 cm³/mol. The number of nitrogens with one attached hydrogen (secondary N) is 1. The van der Waals surface area contributed by atoms with Gasteiger partial charge in [0.2, 0.25) is 0 Å². The fraction of sp³-hybridized carbons (Fsp3) is 1.00. The van der Waals surface area contributed by atoms with Crippen LogP contribution in [0, 0.1) is 23.2 Å². The van der Waals surface area contributed by atoms with Crippen molar-refractivity contribution in [2.24, 2.45) is 23.2 Å². The first-order chi connectivity index (χ1) is 7.42. The van der Waals surface area contributed by atoms with E-state index in [1.165, 1.54) is 32.2 Å². The minimum atomic E-state index is 0.432. The van der Waals surface area contributed by atoms with Crippen LogP contribution < -0.4 is 5.32 Å². The van der Waals surface area contributed by atoms with Gasteiger partial charge in [0.05, 0.1) is 0 Å². The van der Waals surface area contributed by atoms with E-state index < -0.39 is 0 Å². The van der Waals surface area contributed by atoms with Gasteiger partial charge in [-0.25, -0.2) is 0 Å². The highest BCUT2D eigenvalue weighted by molar-refractivity contribution is 4.77. The van der Waals surface area contributed by atoms with Crippen LogP contribution in [0.2, 0.25) is 0 Å². The smallest absolute Gasteiger partial charge is 0.000508 e. The highest BCUT2D eigenvalue weighted by atomic mass is 14.9. The largest absolute Gasteiger partial charge is 0.316 e. The van der Waals surface area contributed by atoms with E-state index >= 15 is 0 Å². The lowest BCUT2D eigenvalue weighted by Crippen LogP contribution is -2.36. The molecule has 0 radical (unpaired) electrons. The van der Waals surface area contributed by atoms with E-state index in [1.807, 2.05) is 0 Å². The quantitative estimate of drug-likeness (QED) is 0.743. The molecule has 1 heteroatoms. The monoisotopic (exact) mass is 225 g/mol. The van der Waals surface area contributed by atoms with Crippen molar-refractivity contribution < 1.29 is 0 Å². The van der Waals surface area contributed by atoms with Gasteiger partial charge >= 0.3 is 0 Å². The maximum Gasteiger partial charge on any atom is 0.000508 e. The maximum atomic E-state index is 3.69. The molecule has 0 atom stereocenters. The summed E-state index contributed by atoms with van der Waals surface area (Å²) in [6.45, 7) is 14.2. The van der Waals surface area contributed by atoms with Crippen molar-refractivity contribution in [1.82, 2.24) is 5.32 Å². The van der Waals surface area contributed by atoms with Crippen molar-refractivity contribution >= 4 is 0 Å². The Hall–Kier alpha value is -0.0400. The van der Waals surface area contributed by atoms with Gasteiger partial charge < -0.3 is 5.32 Å². The molecule has 1 fully saturated rings. The van der Waals surface area contributed by atoms with E-state index in [2.05, 4.69) is 39.9 Å². The van der Waals surface area contributed by atoms with Crippen molar-refractivity contribution in [3.05, 3.63) is 0 Å². The molecule has 0 bridgehead atoms. The van der Waals surface area contributed by atoms with Gasteiger partial charge in [-0.1, -0.05) is 47.5 Å². The Morgan fingerprint density at radius 2 is 1.69 bits per heavy atom. The first kappa shape index (κ1) is 14.0. The minimum absolute atomic E-state index is 0.432. The molecule has 1 saturated carbocycles. The van der Waals surface area contributed by atoms with E-state index in [0.29, 0.717) is 5.41 Å². The SMILES string of the molecule is CC1CCC(CNCC(C)(C)C(C)C)CC1. The molecule has 16 heavy (non-hydrogen) atoms. The van der Waals surface area contributed by atoms with Gasteiger partial charge in [-0.05, 0) is 42.6 Å². The maximum absolute atomic E-state index is 3.69. The molecule has 0 aromatic heterocycles. The molecule has 96 valence electrons. The van der Waals surface area contributed by atoms with Crippen LogP contribution in [0.4, 0.5) is 0 Å². The van der Waals surface area contributed by atoms with Gasteiger partial charge in [0.25, 0.3) is 0 Å². The van der Waals surface area contributed by atoms with E-state index in [4.69, 9.17) is 0 Å². The third-order valence-corrected chi connectivity index (χ3v) is 4.71. The highest BCUT2D eigenvalue weighted by Gasteiger charge is 2.23. The summed E-state index contributed by atoms with van der Waals surface area (Å²) in [4.78, 5) is 0. The molecule has 1 rings (SSSR count). The third-order valence-electron chi connectivity index (χ3n) is 4.71. The van der Waals surface area contributed by atoms with E-state index in [0.717, 1.165) is 24.3 Å². The van der Waals surface area contributed by atoms with Crippen LogP contribution in [0.15, 0.2) is 0 Å². The number of rotatable bonds is 5. The Balaban J connectivity index is 2.16. The lowest BCUT2D eigenvalue weighted by atomic mass is 9.80. The normalized spacial score (nSPS) is 27.4. The Morgan fingerprint density at radius 3 is 2.19 bits per heavy atom. The van der Waals surface area contributed by atoms with E-state index in [9.17, 15) is 0 Å². The topological polar surface area (TPSA) is 12.0 Å². The first-order valence-corrected chi connectivity index (χ1v) is 7.12. The fourth-order valence-electron chi connectivity index (χ4n) is 2.34. The molecule has 1 aliphatic carbocycles. The van der Waals surface area contributed by atoms with Crippen LogP contribution in [0.1, 0.15) is 60.3 Å². The Labute approximate surface area is 102 Å². The summed E-state index contributed by atoms with van der Waals surface area (Å²) in [7, 11) is 0. The molecule has 0 unspecified atom stereocenters. The first-order valence-electron chi connectivity index (χ1n) is 7.12. The van der Waals surface area contributed by atoms with Gasteiger partial charge in [0, 0.05) is 6.54 Å². The van der Waals surface area contributed by atoms with Gasteiger partial charge in [0.15, 0.2) is 0 Å². The van der Waals surface area contributed by atoms with Gasteiger partial charge in [0.1, 0.15) is 0 Å². The second kappa shape index (κ2) is 6.05.